The maximum atomic E-state index is 14.2. The highest BCUT2D eigenvalue weighted by Gasteiger charge is 2.48. The van der Waals surface area contributed by atoms with Crippen LogP contribution in [0.25, 0.3) is 0 Å². The summed E-state index contributed by atoms with van der Waals surface area (Å²) >= 11 is 0. The van der Waals surface area contributed by atoms with Gasteiger partial charge in [0.2, 0.25) is 0 Å². The van der Waals surface area contributed by atoms with Crippen LogP contribution in [0, 0.1) is 29.6 Å². The maximum Gasteiger partial charge on any atom is 0.392 e. The van der Waals surface area contributed by atoms with Crippen molar-refractivity contribution in [2.45, 2.75) is 108 Å². The SMILES string of the molecule is CC1CCC(C(O)NC2CCC(CC3=CCCOCC3)C(C(F)(F)F)C2)CC1C1=NC=CC2CCCCN12. The number of nitrogens with one attached hydrogen (secondary N) is 1. The van der Waals surface area contributed by atoms with Crippen molar-refractivity contribution in [1.29, 1.82) is 0 Å². The Morgan fingerprint density at radius 3 is 2.84 bits per heavy atom. The molecular weight excluding hydrogens is 491 g/mol. The molecule has 8 unspecified atom stereocenters. The van der Waals surface area contributed by atoms with Crippen molar-refractivity contribution in [3.8, 4) is 0 Å². The molecule has 5 aliphatic rings. The topological polar surface area (TPSA) is 57.1 Å². The van der Waals surface area contributed by atoms with E-state index in [1.54, 1.807) is 0 Å². The zero-order valence-electron chi connectivity index (χ0n) is 22.8. The average molecular weight is 538 g/mol. The van der Waals surface area contributed by atoms with E-state index in [9.17, 15) is 18.3 Å². The van der Waals surface area contributed by atoms with Gasteiger partial charge in [0, 0.05) is 24.7 Å². The summed E-state index contributed by atoms with van der Waals surface area (Å²) < 4.78 is 48.0. The van der Waals surface area contributed by atoms with Gasteiger partial charge in [-0.3, -0.25) is 5.32 Å². The highest BCUT2D eigenvalue weighted by Crippen LogP contribution is 2.45. The van der Waals surface area contributed by atoms with Gasteiger partial charge in [-0.15, -0.1) is 0 Å². The van der Waals surface area contributed by atoms with Crippen LogP contribution in [0.4, 0.5) is 13.2 Å². The Labute approximate surface area is 226 Å². The van der Waals surface area contributed by atoms with Gasteiger partial charge in [-0.2, -0.15) is 13.2 Å². The molecule has 38 heavy (non-hydrogen) atoms. The van der Waals surface area contributed by atoms with E-state index in [1.807, 2.05) is 6.20 Å². The Kier molecular flexibility index (Phi) is 9.21. The lowest BCUT2D eigenvalue weighted by molar-refractivity contribution is -0.199. The maximum absolute atomic E-state index is 14.2. The molecule has 0 aromatic heterocycles. The second-order valence-electron chi connectivity index (χ2n) is 12.5. The molecule has 2 N–H and O–H groups in total. The molecule has 0 aromatic rings. The number of alkyl halides is 3. The van der Waals surface area contributed by atoms with Crippen LogP contribution in [0.3, 0.4) is 0 Å². The number of aliphatic imine (C=N–C) groups is 1. The van der Waals surface area contributed by atoms with Gasteiger partial charge in [0.05, 0.1) is 25.2 Å². The molecule has 214 valence electrons. The van der Waals surface area contributed by atoms with Gasteiger partial charge in [-0.05, 0) is 101 Å². The summed E-state index contributed by atoms with van der Waals surface area (Å²) in [6.07, 6.45) is 10.9. The molecule has 3 aliphatic heterocycles. The molecule has 0 aromatic carbocycles. The smallest absolute Gasteiger partial charge is 0.381 e. The van der Waals surface area contributed by atoms with E-state index in [-0.39, 0.29) is 30.2 Å². The van der Waals surface area contributed by atoms with Crippen molar-refractivity contribution in [2.24, 2.45) is 34.6 Å². The van der Waals surface area contributed by atoms with Crippen molar-refractivity contribution >= 4 is 5.84 Å². The van der Waals surface area contributed by atoms with Gasteiger partial charge in [-0.25, -0.2) is 4.99 Å². The quantitative estimate of drug-likeness (QED) is 0.313. The number of piperidine rings is 1. The zero-order chi connectivity index (χ0) is 26.7. The Morgan fingerprint density at radius 2 is 2.00 bits per heavy atom. The molecule has 2 saturated carbocycles. The largest absolute Gasteiger partial charge is 0.392 e. The highest BCUT2D eigenvalue weighted by atomic mass is 19.4. The highest BCUT2D eigenvalue weighted by molar-refractivity contribution is 5.87. The van der Waals surface area contributed by atoms with Crippen LogP contribution in [0.1, 0.15) is 84.0 Å². The summed E-state index contributed by atoms with van der Waals surface area (Å²) in [5.74, 6) is 0.254. The molecule has 0 amide bonds. The minimum Gasteiger partial charge on any atom is -0.381 e. The first-order valence-electron chi connectivity index (χ1n) is 15.1. The number of nitrogens with zero attached hydrogens (tertiary/aromatic N) is 2. The van der Waals surface area contributed by atoms with Gasteiger partial charge < -0.3 is 14.7 Å². The number of amidine groups is 1. The molecule has 3 heterocycles. The van der Waals surface area contributed by atoms with Crippen LogP contribution < -0.4 is 5.32 Å². The van der Waals surface area contributed by atoms with Gasteiger partial charge in [0.1, 0.15) is 12.1 Å². The second-order valence-corrected chi connectivity index (χ2v) is 12.5. The second kappa shape index (κ2) is 12.4. The van der Waals surface area contributed by atoms with Crippen LogP contribution in [0.5, 0.6) is 0 Å². The van der Waals surface area contributed by atoms with E-state index in [0.717, 1.165) is 50.1 Å². The fraction of sp³-hybridized carbons (Fsp3) is 0.833. The lowest BCUT2D eigenvalue weighted by atomic mass is 9.71. The minimum absolute atomic E-state index is 0.0336. The lowest BCUT2D eigenvalue weighted by Crippen LogP contribution is -2.52. The normalized spacial score (nSPS) is 37.6. The number of rotatable bonds is 6. The van der Waals surface area contributed by atoms with E-state index in [2.05, 4.69) is 29.3 Å². The third-order valence-electron chi connectivity index (χ3n) is 9.98. The molecule has 3 fully saturated rings. The van der Waals surface area contributed by atoms with Crippen molar-refractivity contribution in [3.05, 3.63) is 23.9 Å². The van der Waals surface area contributed by atoms with E-state index in [4.69, 9.17) is 9.73 Å². The van der Waals surface area contributed by atoms with Crippen LogP contribution in [-0.4, -0.2) is 60.1 Å². The summed E-state index contributed by atoms with van der Waals surface area (Å²) in [6, 6.07) is 0.126. The molecule has 5 nitrogen and oxygen atoms in total. The predicted octanol–water partition coefficient (Wildman–Crippen LogP) is 6.20. The summed E-state index contributed by atoms with van der Waals surface area (Å²) in [5, 5.41) is 14.5. The number of hydrogen-bond acceptors (Lipinski definition) is 5. The molecule has 5 rings (SSSR count). The fourth-order valence-electron chi connectivity index (χ4n) is 7.73. The molecule has 0 radical (unpaired) electrons. The van der Waals surface area contributed by atoms with Crippen molar-refractivity contribution < 1.29 is 23.0 Å². The monoisotopic (exact) mass is 537 g/mol. The zero-order valence-corrected chi connectivity index (χ0v) is 22.8. The number of hydrogen-bond donors (Lipinski definition) is 2. The van der Waals surface area contributed by atoms with E-state index in [1.165, 1.54) is 19.3 Å². The van der Waals surface area contributed by atoms with Gasteiger partial charge >= 0.3 is 6.18 Å². The molecule has 1 saturated heterocycles. The van der Waals surface area contributed by atoms with Gasteiger partial charge in [-0.1, -0.05) is 18.6 Å². The van der Waals surface area contributed by atoms with Crippen LogP contribution in [-0.2, 0) is 4.74 Å². The summed E-state index contributed by atoms with van der Waals surface area (Å²) in [5.41, 5.74) is 1.12. The average Bonchev–Trinajstić information content (AvgIpc) is 3.17. The molecule has 8 heteroatoms. The van der Waals surface area contributed by atoms with Crippen molar-refractivity contribution in [3.63, 3.8) is 0 Å². The molecule has 8 atom stereocenters. The Bertz CT molecular complexity index is 888. The summed E-state index contributed by atoms with van der Waals surface area (Å²) in [6.45, 7) is 4.58. The lowest BCUT2D eigenvalue weighted by Gasteiger charge is -2.45. The third kappa shape index (κ3) is 6.67. The third-order valence-corrected chi connectivity index (χ3v) is 9.98. The van der Waals surface area contributed by atoms with E-state index in [0.29, 0.717) is 44.4 Å². The number of fused-ring (bicyclic) bond motifs is 1. The molecule has 0 bridgehead atoms. The number of halogens is 3. The number of aliphatic hydroxyl groups excluding tert-OH is 1. The molecular formula is C30H46F3N3O2. The van der Waals surface area contributed by atoms with E-state index >= 15 is 0 Å². The van der Waals surface area contributed by atoms with Gasteiger partial charge in [0.15, 0.2) is 0 Å². The number of ether oxygens (including phenoxy) is 1. The summed E-state index contributed by atoms with van der Waals surface area (Å²) in [7, 11) is 0. The minimum atomic E-state index is -4.22. The first kappa shape index (κ1) is 28.2. The first-order chi connectivity index (χ1) is 18.3. The van der Waals surface area contributed by atoms with E-state index < -0.39 is 18.3 Å². The molecule has 2 aliphatic carbocycles. The Hall–Kier alpha value is -1.38. The summed E-state index contributed by atoms with van der Waals surface area (Å²) in [4.78, 5) is 7.29. The van der Waals surface area contributed by atoms with Crippen molar-refractivity contribution in [1.82, 2.24) is 10.2 Å². The van der Waals surface area contributed by atoms with Crippen LogP contribution in [0.2, 0.25) is 0 Å². The Morgan fingerprint density at radius 1 is 1.13 bits per heavy atom. The first-order valence-corrected chi connectivity index (χ1v) is 15.1. The number of aliphatic hydroxyl groups is 1. The van der Waals surface area contributed by atoms with Gasteiger partial charge in [0.25, 0.3) is 0 Å². The predicted molar refractivity (Wildman–Crippen MR) is 143 cm³/mol. The standard InChI is InChI=1S/C30H46F3N3O2/c1-20-7-8-23(18-26(20)28-34-13-11-25-6-2-3-14-36(25)28)29(37)35-24-10-9-22(27(19-24)30(31,32)33)17-21-5-4-15-38-16-12-21/h5,11,13,20,22-27,29,35,37H,2-4,6-10,12,14-19H2,1H3. The molecule has 0 spiro atoms. The van der Waals surface area contributed by atoms with Crippen molar-refractivity contribution in [2.75, 3.05) is 19.8 Å². The fourth-order valence-corrected chi connectivity index (χ4v) is 7.73. The van der Waals surface area contributed by atoms with Crippen LogP contribution >= 0.6 is 0 Å². The Balaban J connectivity index is 1.19. The van der Waals surface area contributed by atoms with Crippen LogP contribution in [0.15, 0.2) is 28.9 Å².